The molecule has 0 saturated heterocycles. The Hall–Kier alpha value is -1.25. The SMILES string of the molecule is COC(=O)C1=CN(C)C[C@@H]2CC=C[C@H]12. The van der Waals surface area contributed by atoms with Gasteiger partial charge in [0.15, 0.2) is 0 Å². The van der Waals surface area contributed by atoms with E-state index in [1.807, 2.05) is 13.2 Å². The summed E-state index contributed by atoms with van der Waals surface area (Å²) in [5.74, 6) is 0.635. The molecule has 0 spiro atoms. The van der Waals surface area contributed by atoms with Gasteiger partial charge in [-0.15, -0.1) is 0 Å². The normalized spacial score (nSPS) is 29.9. The van der Waals surface area contributed by atoms with Gasteiger partial charge in [-0.1, -0.05) is 12.2 Å². The van der Waals surface area contributed by atoms with Crippen LogP contribution in [0.2, 0.25) is 0 Å². The molecule has 0 fully saturated rings. The fourth-order valence-electron chi connectivity index (χ4n) is 2.30. The number of allylic oxidation sites excluding steroid dienone is 2. The Bertz CT molecular complexity index is 306. The first-order chi connectivity index (χ1) is 6.72. The molecule has 2 aliphatic rings. The molecule has 0 bridgehead atoms. The lowest BCUT2D eigenvalue weighted by molar-refractivity contribution is -0.137. The number of methoxy groups -OCH3 is 1. The Kier molecular flexibility index (Phi) is 2.32. The summed E-state index contributed by atoms with van der Waals surface area (Å²) in [4.78, 5) is 13.6. The summed E-state index contributed by atoms with van der Waals surface area (Å²) in [6.07, 6.45) is 7.26. The van der Waals surface area contributed by atoms with Crippen molar-refractivity contribution >= 4 is 5.97 Å². The molecule has 3 heteroatoms. The third kappa shape index (κ3) is 1.43. The van der Waals surface area contributed by atoms with Crippen molar-refractivity contribution in [2.75, 3.05) is 20.7 Å². The second-order valence-corrected chi connectivity index (χ2v) is 3.97. The van der Waals surface area contributed by atoms with Crippen LogP contribution in [0, 0.1) is 11.8 Å². The summed E-state index contributed by atoms with van der Waals surface area (Å²) in [6.45, 7) is 1.03. The Morgan fingerprint density at radius 3 is 3.14 bits per heavy atom. The average Bonchev–Trinajstić information content (AvgIpc) is 2.62. The van der Waals surface area contributed by atoms with E-state index >= 15 is 0 Å². The molecule has 1 aliphatic carbocycles. The van der Waals surface area contributed by atoms with Crippen LogP contribution in [0.15, 0.2) is 23.9 Å². The lowest BCUT2D eigenvalue weighted by Gasteiger charge is -2.31. The highest BCUT2D eigenvalue weighted by Crippen LogP contribution is 2.35. The number of esters is 1. The van der Waals surface area contributed by atoms with Crippen LogP contribution in [0.4, 0.5) is 0 Å². The van der Waals surface area contributed by atoms with Crippen molar-refractivity contribution in [3.05, 3.63) is 23.9 Å². The standard InChI is InChI=1S/C11H15NO2/c1-12-6-8-4-3-5-9(8)10(7-12)11(13)14-2/h3,5,7-9H,4,6H2,1-2H3/t8-,9-/m0/s1. The van der Waals surface area contributed by atoms with E-state index in [1.54, 1.807) is 0 Å². The molecule has 0 N–H and O–H groups in total. The molecule has 2 rings (SSSR count). The second kappa shape index (κ2) is 3.48. The largest absolute Gasteiger partial charge is 0.466 e. The summed E-state index contributed by atoms with van der Waals surface area (Å²) in [5.41, 5.74) is 0.792. The molecular weight excluding hydrogens is 178 g/mol. The predicted molar refractivity (Wildman–Crippen MR) is 53.5 cm³/mol. The van der Waals surface area contributed by atoms with Crippen molar-refractivity contribution in [3.8, 4) is 0 Å². The van der Waals surface area contributed by atoms with Crippen molar-refractivity contribution in [2.24, 2.45) is 11.8 Å². The van der Waals surface area contributed by atoms with E-state index in [-0.39, 0.29) is 11.9 Å². The fourth-order valence-corrected chi connectivity index (χ4v) is 2.30. The highest BCUT2D eigenvalue weighted by Gasteiger charge is 2.34. The first-order valence-corrected chi connectivity index (χ1v) is 4.89. The van der Waals surface area contributed by atoms with E-state index in [1.165, 1.54) is 7.11 Å². The van der Waals surface area contributed by atoms with Crippen molar-refractivity contribution < 1.29 is 9.53 Å². The summed E-state index contributed by atoms with van der Waals surface area (Å²) in [7, 11) is 3.43. The van der Waals surface area contributed by atoms with Crippen LogP contribution in [0.3, 0.4) is 0 Å². The first-order valence-electron chi connectivity index (χ1n) is 4.89. The second-order valence-electron chi connectivity index (χ2n) is 3.97. The van der Waals surface area contributed by atoms with Gasteiger partial charge in [-0.25, -0.2) is 4.79 Å². The van der Waals surface area contributed by atoms with Gasteiger partial charge < -0.3 is 9.64 Å². The molecule has 14 heavy (non-hydrogen) atoms. The van der Waals surface area contributed by atoms with Crippen LogP contribution in [0.25, 0.3) is 0 Å². The molecule has 0 radical (unpaired) electrons. The van der Waals surface area contributed by atoms with Crippen LogP contribution in [0.1, 0.15) is 6.42 Å². The molecule has 0 aromatic heterocycles. The van der Waals surface area contributed by atoms with E-state index in [9.17, 15) is 4.79 Å². The minimum atomic E-state index is -0.196. The summed E-state index contributed by atoms with van der Waals surface area (Å²) < 4.78 is 4.78. The van der Waals surface area contributed by atoms with Gasteiger partial charge in [-0.05, 0) is 12.3 Å². The fraction of sp³-hybridized carbons (Fsp3) is 0.545. The van der Waals surface area contributed by atoms with Gasteiger partial charge >= 0.3 is 5.97 Å². The third-order valence-corrected chi connectivity index (χ3v) is 2.95. The molecule has 3 nitrogen and oxygen atoms in total. The average molecular weight is 193 g/mol. The summed E-state index contributed by atoms with van der Waals surface area (Å²) >= 11 is 0. The lowest BCUT2D eigenvalue weighted by Crippen LogP contribution is -2.33. The Morgan fingerprint density at radius 2 is 2.43 bits per heavy atom. The van der Waals surface area contributed by atoms with E-state index in [0.717, 1.165) is 18.5 Å². The van der Waals surface area contributed by atoms with E-state index < -0.39 is 0 Å². The molecule has 0 unspecified atom stereocenters. The van der Waals surface area contributed by atoms with Crippen LogP contribution in [-0.4, -0.2) is 31.6 Å². The van der Waals surface area contributed by atoms with Gasteiger partial charge in [0.25, 0.3) is 0 Å². The molecule has 1 aliphatic heterocycles. The number of carbonyl (C=O) groups is 1. The van der Waals surface area contributed by atoms with Gasteiger partial charge in [-0.2, -0.15) is 0 Å². The number of hydrogen-bond donors (Lipinski definition) is 0. The van der Waals surface area contributed by atoms with Crippen molar-refractivity contribution in [1.82, 2.24) is 4.90 Å². The van der Waals surface area contributed by atoms with E-state index in [0.29, 0.717) is 5.92 Å². The number of rotatable bonds is 1. The molecule has 1 heterocycles. The Labute approximate surface area is 84.0 Å². The zero-order valence-electron chi connectivity index (χ0n) is 8.56. The highest BCUT2D eigenvalue weighted by molar-refractivity contribution is 5.89. The van der Waals surface area contributed by atoms with E-state index in [2.05, 4.69) is 17.1 Å². The quantitative estimate of drug-likeness (QED) is 0.462. The number of ether oxygens (including phenoxy) is 1. The Balaban J connectivity index is 2.26. The smallest absolute Gasteiger partial charge is 0.335 e. The molecule has 0 aromatic carbocycles. The molecule has 0 amide bonds. The van der Waals surface area contributed by atoms with Crippen LogP contribution >= 0.6 is 0 Å². The van der Waals surface area contributed by atoms with Gasteiger partial charge in [0.1, 0.15) is 0 Å². The minimum absolute atomic E-state index is 0.196. The van der Waals surface area contributed by atoms with Crippen molar-refractivity contribution in [2.45, 2.75) is 6.42 Å². The van der Waals surface area contributed by atoms with Gasteiger partial charge in [0.05, 0.1) is 12.7 Å². The number of hydrogen-bond acceptors (Lipinski definition) is 3. The maximum Gasteiger partial charge on any atom is 0.335 e. The number of nitrogens with zero attached hydrogens (tertiary/aromatic N) is 1. The lowest BCUT2D eigenvalue weighted by atomic mass is 9.86. The van der Waals surface area contributed by atoms with Gasteiger partial charge in [-0.3, -0.25) is 0 Å². The molecule has 0 aromatic rings. The van der Waals surface area contributed by atoms with E-state index in [4.69, 9.17) is 4.74 Å². The monoisotopic (exact) mass is 193 g/mol. The van der Waals surface area contributed by atoms with Crippen molar-refractivity contribution in [3.63, 3.8) is 0 Å². The topological polar surface area (TPSA) is 29.5 Å². The summed E-state index contributed by atoms with van der Waals surface area (Å²) in [6, 6.07) is 0. The molecule has 76 valence electrons. The van der Waals surface area contributed by atoms with Crippen molar-refractivity contribution in [1.29, 1.82) is 0 Å². The Morgan fingerprint density at radius 1 is 1.64 bits per heavy atom. The van der Waals surface area contributed by atoms with Crippen LogP contribution in [0.5, 0.6) is 0 Å². The zero-order chi connectivity index (χ0) is 10.1. The van der Waals surface area contributed by atoms with Gasteiger partial charge in [0.2, 0.25) is 0 Å². The molecule has 0 saturated carbocycles. The van der Waals surface area contributed by atoms with Gasteiger partial charge in [0, 0.05) is 25.7 Å². The number of fused-ring (bicyclic) bond motifs is 1. The van der Waals surface area contributed by atoms with Crippen LogP contribution < -0.4 is 0 Å². The highest BCUT2D eigenvalue weighted by atomic mass is 16.5. The molecular formula is C11H15NO2. The number of carbonyl (C=O) groups excluding carboxylic acids is 1. The molecule has 2 atom stereocenters. The maximum absolute atomic E-state index is 11.5. The minimum Gasteiger partial charge on any atom is -0.466 e. The predicted octanol–water partition coefficient (Wildman–Crippen LogP) is 1.18. The zero-order valence-corrected chi connectivity index (χ0v) is 8.56. The van der Waals surface area contributed by atoms with Crippen LogP contribution in [-0.2, 0) is 9.53 Å². The first kappa shape index (κ1) is 9.31. The third-order valence-electron chi connectivity index (χ3n) is 2.95. The maximum atomic E-state index is 11.5. The summed E-state index contributed by atoms with van der Waals surface area (Å²) in [5, 5.41) is 0.